The minimum atomic E-state index is -3.26. The molecule has 39 heavy (non-hydrogen) atoms. The topological polar surface area (TPSA) is 58.6 Å². The van der Waals surface area contributed by atoms with Gasteiger partial charge in [0, 0.05) is 21.6 Å². The van der Waals surface area contributed by atoms with Gasteiger partial charge in [-0.25, -0.2) is 8.78 Å². The number of nitrogens with one attached hydrogen (secondary N) is 1. The first-order valence-corrected chi connectivity index (χ1v) is 13.2. The SMILES string of the molecule is CC(C)(F)c1cc(Br)c(NC(=O)c2cccc(N(CC3CC3)C(=O)c3ccc(Cl)cc3)c2F)c(OC(F)F)c1. The summed E-state index contributed by atoms with van der Waals surface area (Å²) in [7, 11) is 0. The van der Waals surface area contributed by atoms with Crippen molar-refractivity contribution in [1.82, 2.24) is 0 Å². The molecular formula is C28H24BrClF4N2O3. The highest BCUT2D eigenvalue weighted by molar-refractivity contribution is 9.10. The molecule has 11 heteroatoms. The average Bonchev–Trinajstić information content (AvgIpc) is 3.68. The minimum absolute atomic E-state index is 0.0210. The smallest absolute Gasteiger partial charge is 0.387 e. The maximum absolute atomic E-state index is 15.8. The highest BCUT2D eigenvalue weighted by atomic mass is 79.9. The Bertz CT molecular complexity index is 1390. The number of carbonyl (C=O) groups is 2. The molecule has 0 unspecified atom stereocenters. The zero-order chi connectivity index (χ0) is 28.5. The molecule has 0 radical (unpaired) electrons. The number of nitrogens with zero attached hydrogens (tertiary/aromatic N) is 1. The van der Waals surface area contributed by atoms with Gasteiger partial charge in [-0.15, -0.1) is 0 Å². The first kappa shape index (κ1) is 28.9. The number of hydrogen-bond acceptors (Lipinski definition) is 3. The third kappa shape index (κ3) is 6.91. The van der Waals surface area contributed by atoms with Gasteiger partial charge in [-0.2, -0.15) is 8.78 Å². The van der Waals surface area contributed by atoms with Crippen LogP contribution in [0.2, 0.25) is 5.02 Å². The van der Waals surface area contributed by atoms with Crippen LogP contribution >= 0.6 is 27.5 Å². The molecule has 1 aliphatic rings. The van der Waals surface area contributed by atoms with Gasteiger partial charge < -0.3 is 15.0 Å². The third-order valence-corrected chi connectivity index (χ3v) is 7.06. The Labute approximate surface area is 236 Å². The van der Waals surface area contributed by atoms with E-state index in [0.29, 0.717) is 10.6 Å². The standard InChI is InChI=1S/C28H24BrClF4N2O3/c1-28(2,34)17-12-20(29)24(22(13-17)39-27(32)33)35-25(37)19-4-3-5-21(23(19)31)36(14-15-6-7-15)26(38)16-8-10-18(30)11-9-16/h3-5,8-13,15,27H,6-7,14H2,1-2H3,(H,35,37). The molecule has 0 atom stereocenters. The minimum Gasteiger partial charge on any atom is -0.433 e. The number of alkyl halides is 3. The molecule has 0 aliphatic heterocycles. The van der Waals surface area contributed by atoms with Gasteiger partial charge in [-0.1, -0.05) is 17.7 Å². The zero-order valence-corrected chi connectivity index (χ0v) is 23.3. The number of halogens is 6. The van der Waals surface area contributed by atoms with Crippen molar-refractivity contribution >= 4 is 50.7 Å². The Kier molecular flexibility index (Phi) is 8.56. The van der Waals surface area contributed by atoms with E-state index < -0.39 is 41.2 Å². The summed E-state index contributed by atoms with van der Waals surface area (Å²) >= 11 is 9.09. The van der Waals surface area contributed by atoms with Crippen LogP contribution in [0.4, 0.5) is 28.9 Å². The van der Waals surface area contributed by atoms with E-state index in [0.717, 1.165) is 18.9 Å². The lowest BCUT2D eigenvalue weighted by atomic mass is 9.99. The Balaban J connectivity index is 1.69. The molecule has 1 saturated carbocycles. The Morgan fingerprint density at radius 2 is 1.82 bits per heavy atom. The Morgan fingerprint density at radius 1 is 1.15 bits per heavy atom. The first-order chi connectivity index (χ1) is 18.3. The zero-order valence-electron chi connectivity index (χ0n) is 20.9. The molecule has 3 aromatic rings. The molecule has 206 valence electrons. The van der Waals surface area contributed by atoms with E-state index in [1.165, 1.54) is 55.1 Å². The van der Waals surface area contributed by atoms with Gasteiger partial charge in [-0.05, 0) is 103 Å². The fourth-order valence-corrected chi connectivity index (χ4v) is 4.58. The summed E-state index contributed by atoms with van der Waals surface area (Å²) in [6.07, 6.45) is 1.78. The van der Waals surface area contributed by atoms with Crippen molar-refractivity contribution in [2.45, 2.75) is 39.0 Å². The molecule has 1 aliphatic carbocycles. The number of benzene rings is 3. The second kappa shape index (κ2) is 11.6. The number of hydrogen-bond donors (Lipinski definition) is 1. The number of anilines is 2. The summed E-state index contributed by atoms with van der Waals surface area (Å²) in [5.41, 5.74) is -2.34. The monoisotopic (exact) mass is 626 g/mol. The van der Waals surface area contributed by atoms with Crippen LogP contribution in [-0.2, 0) is 5.67 Å². The van der Waals surface area contributed by atoms with Gasteiger partial charge >= 0.3 is 6.61 Å². The average molecular weight is 628 g/mol. The van der Waals surface area contributed by atoms with Crippen LogP contribution in [0, 0.1) is 11.7 Å². The van der Waals surface area contributed by atoms with E-state index in [2.05, 4.69) is 26.0 Å². The summed E-state index contributed by atoms with van der Waals surface area (Å²) in [6.45, 7) is -0.542. The van der Waals surface area contributed by atoms with E-state index in [-0.39, 0.29) is 33.9 Å². The van der Waals surface area contributed by atoms with Gasteiger partial charge in [0.1, 0.15) is 5.67 Å². The predicted octanol–water partition coefficient (Wildman–Crippen LogP) is 8.36. The summed E-state index contributed by atoms with van der Waals surface area (Å²) < 4.78 is 61.2. The van der Waals surface area contributed by atoms with Crippen molar-refractivity contribution in [2.75, 3.05) is 16.8 Å². The molecule has 1 N–H and O–H groups in total. The van der Waals surface area contributed by atoms with E-state index in [4.69, 9.17) is 11.6 Å². The fraction of sp³-hybridized carbons (Fsp3) is 0.286. The maximum atomic E-state index is 15.8. The molecule has 0 saturated heterocycles. The van der Waals surface area contributed by atoms with Crippen molar-refractivity contribution < 1.29 is 31.9 Å². The van der Waals surface area contributed by atoms with Crippen molar-refractivity contribution in [2.24, 2.45) is 5.92 Å². The van der Waals surface area contributed by atoms with Crippen molar-refractivity contribution in [3.8, 4) is 5.75 Å². The molecular weight excluding hydrogens is 604 g/mol. The summed E-state index contributed by atoms with van der Waals surface area (Å²) in [4.78, 5) is 27.8. The Morgan fingerprint density at radius 3 is 2.41 bits per heavy atom. The van der Waals surface area contributed by atoms with Gasteiger partial charge in [0.2, 0.25) is 0 Å². The molecule has 0 bridgehead atoms. The molecule has 1 fully saturated rings. The van der Waals surface area contributed by atoms with Gasteiger partial charge in [0.15, 0.2) is 11.6 Å². The molecule has 0 heterocycles. The van der Waals surface area contributed by atoms with Crippen LogP contribution in [-0.4, -0.2) is 25.0 Å². The summed E-state index contributed by atoms with van der Waals surface area (Å²) in [6, 6.07) is 12.5. The lowest BCUT2D eigenvalue weighted by molar-refractivity contribution is -0.0495. The van der Waals surface area contributed by atoms with Crippen molar-refractivity contribution in [3.05, 3.63) is 86.6 Å². The number of rotatable bonds is 9. The first-order valence-electron chi connectivity index (χ1n) is 12.0. The third-order valence-electron chi connectivity index (χ3n) is 6.18. The Hall–Kier alpha value is -3.11. The van der Waals surface area contributed by atoms with Crippen LogP contribution in [0.15, 0.2) is 59.1 Å². The van der Waals surface area contributed by atoms with E-state index in [9.17, 15) is 22.8 Å². The van der Waals surface area contributed by atoms with Gasteiger partial charge in [0.25, 0.3) is 11.8 Å². The van der Waals surface area contributed by atoms with Crippen molar-refractivity contribution in [1.29, 1.82) is 0 Å². The van der Waals surface area contributed by atoms with E-state index in [1.807, 2.05) is 0 Å². The second-order valence-electron chi connectivity index (χ2n) is 9.64. The molecule has 0 spiro atoms. The van der Waals surface area contributed by atoms with Crippen LogP contribution < -0.4 is 15.0 Å². The maximum Gasteiger partial charge on any atom is 0.387 e. The molecule has 3 aromatic carbocycles. The van der Waals surface area contributed by atoms with E-state index >= 15 is 4.39 Å². The number of ether oxygens (including phenoxy) is 1. The highest BCUT2D eigenvalue weighted by Crippen LogP contribution is 2.40. The van der Waals surface area contributed by atoms with Crippen LogP contribution in [0.25, 0.3) is 0 Å². The highest BCUT2D eigenvalue weighted by Gasteiger charge is 2.31. The second-order valence-corrected chi connectivity index (χ2v) is 10.9. The van der Waals surface area contributed by atoms with Gasteiger partial charge in [-0.3, -0.25) is 9.59 Å². The number of amides is 2. The summed E-state index contributed by atoms with van der Waals surface area (Å²) in [5.74, 6) is -2.71. The van der Waals surface area contributed by atoms with Crippen LogP contribution in [0.5, 0.6) is 5.75 Å². The quantitative estimate of drug-likeness (QED) is 0.243. The molecule has 5 nitrogen and oxygen atoms in total. The van der Waals surface area contributed by atoms with E-state index in [1.54, 1.807) is 12.1 Å². The molecule has 2 amide bonds. The van der Waals surface area contributed by atoms with Crippen molar-refractivity contribution in [3.63, 3.8) is 0 Å². The lowest BCUT2D eigenvalue weighted by Crippen LogP contribution is -2.34. The predicted molar refractivity (Wildman–Crippen MR) is 145 cm³/mol. The van der Waals surface area contributed by atoms with Crippen LogP contribution in [0.1, 0.15) is 53.0 Å². The number of carbonyl (C=O) groups excluding carboxylic acids is 2. The lowest BCUT2D eigenvalue weighted by Gasteiger charge is -2.24. The summed E-state index contributed by atoms with van der Waals surface area (Å²) in [5, 5.41) is 2.82. The molecule has 0 aromatic heterocycles. The largest absolute Gasteiger partial charge is 0.433 e. The normalized spacial score (nSPS) is 13.4. The fourth-order valence-electron chi connectivity index (χ4n) is 3.92. The molecule has 4 rings (SSSR count). The van der Waals surface area contributed by atoms with Crippen LogP contribution in [0.3, 0.4) is 0 Å². The van der Waals surface area contributed by atoms with Gasteiger partial charge in [0.05, 0.1) is 16.9 Å².